The molecule has 0 amide bonds. The topological polar surface area (TPSA) is 65.9 Å². The summed E-state index contributed by atoms with van der Waals surface area (Å²) in [5.74, 6) is 0.534. The van der Waals surface area contributed by atoms with Crippen molar-refractivity contribution in [2.45, 2.75) is 20.8 Å². The van der Waals surface area contributed by atoms with Gasteiger partial charge in [-0.15, -0.1) is 0 Å². The van der Waals surface area contributed by atoms with Crippen LogP contribution in [0.2, 0.25) is 0 Å². The van der Waals surface area contributed by atoms with Crippen LogP contribution in [-0.4, -0.2) is 23.0 Å². The number of ether oxygens (including phenoxy) is 1. The summed E-state index contributed by atoms with van der Waals surface area (Å²) in [6, 6.07) is 11.1. The van der Waals surface area contributed by atoms with E-state index in [9.17, 15) is 5.11 Å². The number of thiocarbonyl (C=S) groups is 1. The summed E-state index contributed by atoms with van der Waals surface area (Å²) in [4.78, 5) is 0. The summed E-state index contributed by atoms with van der Waals surface area (Å²) in [5, 5.41) is 17.3. The molecule has 0 heterocycles. The van der Waals surface area contributed by atoms with Crippen LogP contribution in [0.5, 0.6) is 11.5 Å². The zero-order chi connectivity index (χ0) is 17.5. The Morgan fingerprint density at radius 3 is 2.62 bits per heavy atom. The molecule has 0 aliphatic heterocycles. The Hall–Kier alpha value is -2.60. The highest BCUT2D eigenvalue weighted by atomic mass is 32.1. The number of phenolic OH excluding ortho intramolecular Hbond substituents is 1. The average molecular weight is 343 g/mol. The first-order valence-electron chi connectivity index (χ1n) is 7.63. The van der Waals surface area contributed by atoms with E-state index in [1.807, 2.05) is 39.0 Å². The molecule has 3 N–H and O–H groups in total. The number of aromatic hydroxyl groups is 1. The van der Waals surface area contributed by atoms with Crippen molar-refractivity contribution in [2.24, 2.45) is 5.10 Å². The molecule has 0 saturated carbocycles. The maximum absolute atomic E-state index is 9.68. The summed E-state index contributed by atoms with van der Waals surface area (Å²) < 4.78 is 5.34. The monoisotopic (exact) mass is 343 g/mol. The van der Waals surface area contributed by atoms with Crippen LogP contribution >= 0.6 is 12.2 Å². The van der Waals surface area contributed by atoms with Gasteiger partial charge < -0.3 is 15.2 Å². The molecule has 0 unspecified atom stereocenters. The van der Waals surface area contributed by atoms with Crippen molar-refractivity contribution < 1.29 is 9.84 Å². The lowest BCUT2D eigenvalue weighted by molar-refractivity contribution is 0.318. The van der Waals surface area contributed by atoms with E-state index in [4.69, 9.17) is 17.0 Å². The summed E-state index contributed by atoms with van der Waals surface area (Å²) in [6.45, 7) is 6.38. The fourth-order valence-corrected chi connectivity index (χ4v) is 2.36. The van der Waals surface area contributed by atoms with Gasteiger partial charge in [0.05, 0.1) is 12.8 Å². The van der Waals surface area contributed by atoms with Gasteiger partial charge in [0.2, 0.25) is 0 Å². The summed E-state index contributed by atoms with van der Waals surface area (Å²) in [5.41, 5.74) is 6.78. The molecular weight excluding hydrogens is 322 g/mol. The van der Waals surface area contributed by atoms with Gasteiger partial charge in [0, 0.05) is 5.69 Å². The van der Waals surface area contributed by atoms with E-state index in [1.54, 1.807) is 24.4 Å². The largest absolute Gasteiger partial charge is 0.504 e. The zero-order valence-corrected chi connectivity index (χ0v) is 14.8. The highest BCUT2D eigenvalue weighted by Crippen LogP contribution is 2.26. The van der Waals surface area contributed by atoms with Gasteiger partial charge in [0.15, 0.2) is 16.6 Å². The van der Waals surface area contributed by atoms with Crippen LogP contribution in [-0.2, 0) is 0 Å². The van der Waals surface area contributed by atoms with Crippen LogP contribution in [0.25, 0.3) is 0 Å². The second-order valence-electron chi connectivity index (χ2n) is 5.25. The average Bonchev–Trinajstić information content (AvgIpc) is 2.54. The Labute approximate surface area is 147 Å². The summed E-state index contributed by atoms with van der Waals surface area (Å²) in [6.07, 6.45) is 1.61. The molecule has 0 aliphatic rings. The van der Waals surface area contributed by atoms with Crippen molar-refractivity contribution in [1.29, 1.82) is 0 Å². The van der Waals surface area contributed by atoms with E-state index in [1.165, 1.54) is 0 Å². The van der Waals surface area contributed by atoms with Gasteiger partial charge in [-0.25, -0.2) is 0 Å². The number of hydrogen-bond donors (Lipinski definition) is 3. The van der Waals surface area contributed by atoms with E-state index >= 15 is 0 Å². The number of phenols is 1. The molecule has 0 radical (unpaired) electrons. The number of nitrogens with one attached hydrogen (secondary N) is 2. The molecule has 6 heteroatoms. The third-order valence-electron chi connectivity index (χ3n) is 3.38. The second kappa shape index (κ2) is 8.31. The normalized spacial score (nSPS) is 10.6. The van der Waals surface area contributed by atoms with Crippen LogP contribution in [0.4, 0.5) is 5.69 Å². The van der Waals surface area contributed by atoms with Gasteiger partial charge in [-0.3, -0.25) is 5.43 Å². The minimum Gasteiger partial charge on any atom is -0.504 e. The highest BCUT2D eigenvalue weighted by Gasteiger charge is 2.04. The first-order chi connectivity index (χ1) is 11.5. The fraction of sp³-hybridized carbons (Fsp3) is 0.222. The Morgan fingerprint density at radius 1 is 1.25 bits per heavy atom. The van der Waals surface area contributed by atoms with Crippen LogP contribution < -0.4 is 15.5 Å². The Bertz CT molecular complexity index is 740. The Morgan fingerprint density at radius 2 is 1.96 bits per heavy atom. The first kappa shape index (κ1) is 17.7. The molecule has 0 spiro atoms. The number of aryl methyl sites for hydroxylation is 2. The Balaban J connectivity index is 1.99. The van der Waals surface area contributed by atoms with Gasteiger partial charge in [-0.05, 0) is 67.9 Å². The fourth-order valence-electron chi connectivity index (χ4n) is 2.20. The van der Waals surface area contributed by atoms with Crippen molar-refractivity contribution in [2.75, 3.05) is 11.9 Å². The second-order valence-corrected chi connectivity index (χ2v) is 5.66. The quantitative estimate of drug-likeness (QED) is 0.439. The van der Waals surface area contributed by atoms with Crippen molar-refractivity contribution in [3.63, 3.8) is 0 Å². The van der Waals surface area contributed by atoms with Crippen LogP contribution in [0.1, 0.15) is 23.6 Å². The highest BCUT2D eigenvalue weighted by molar-refractivity contribution is 7.80. The molecular formula is C18H21N3O2S. The SMILES string of the molecule is CCOc1cc(/C=N/NC(=S)Nc2c(C)cccc2C)ccc1O. The minimum atomic E-state index is 0.106. The predicted molar refractivity (Wildman–Crippen MR) is 102 cm³/mol. The van der Waals surface area contributed by atoms with Crippen LogP contribution in [0.3, 0.4) is 0 Å². The van der Waals surface area contributed by atoms with E-state index in [-0.39, 0.29) is 5.75 Å². The van der Waals surface area contributed by atoms with Gasteiger partial charge in [-0.1, -0.05) is 18.2 Å². The van der Waals surface area contributed by atoms with Crippen molar-refractivity contribution in [3.05, 3.63) is 53.1 Å². The van der Waals surface area contributed by atoms with Crippen LogP contribution in [0.15, 0.2) is 41.5 Å². The maximum Gasteiger partial charge on any atom is 0.191 e. The maximum atomic E-state index is 9.68. The molecule has 0 aliphatic carbocycles. The van der Waals surface area contributed by atoms with Crippen molar-refractivity contribution in [3.8, 4) is 11.5 Å². The molecule has 0 saturated heterocycles. The minimum absolute atomic E-state index is 0.106. The summed E-state index contributed by atoms with van der Waals surface area (Å²) in [7, 11) is 0. The lowest BCUT2D eigenvalue weighted by atomic mass is 10.1. The first-order valence-corrected chi connectivity index (χ1v) is 8.04. The number of hydrazone groups is 1. The van der Waals surface area contributed by atoms with E-state index in [0.717, 1.165) is 22.4 Å². The molecule has 2 aromatic carbocycles. The van der Waals surface area contributed by atoms with Gasteiger partial charge >= 0.3 is 0 Å². The van der Waals surface area contributed by atoms with Gasteiger partial charge in [0.1, 0.15) is 0 Å². The molecule has 2 rings (SSSR count). The molecule has 24 heavy (non-hydrogen) atoms. The molecule has 5 nitrogen and oxygen atoms in total. The zero-order valence-electron chi connectivity index (χ0n) is 14.0. The number of nitrogens with zero attached hydrogens (tertiary/aromatic N) is 1. The Kier molecular flexibility index (Phi) is 6.14. The predicted octanol–water partition coefficient (Wildman–Crippen LogP) is 3.73. The lowest BCUT2D eigenvalue weighted by Crippen LogP contribution is -2.24. The summed E-state index contributed by atoms with van der Waals surface area (Å²) >= 11 is 5.26. The van der Waals surface area contributed by atoms with Crippen molar-refractivity contribution in [1.82, 2.24) is 5.43 Å². The molecule has 2 aromatic rings. The van der Waals surface area contributed by atoms with Gasteiger partial charge in [0.25, 0.3) is 0 Å². The molecule has 126 valence electrons. The van der Waals surface area contributed by atoms with Crippen LogP contribution in [0, 0.1) is 13.8 Å². The number of para-hydroxylation sites is 1. The molecule has 0 bridgehead atoms. The smallest absolute Gasteiger partial charge is 0.191 e. The van der Waals surface area contributed by atoms with E-state index < -0.39 is 0 Å². The van der Waals surface area contributed by atoms with E-state index in [2.05, 4.69) is 15.8 Å². The number of anilines is 1. The molecule has 0 atom stereocenters. The third-order valence-corrected chi connectivity index (χ3v) is 3.58. The van der Waals surface area contributed by atoms with Gasteiger partial charge in [-0.2, -0.15) is 5.10 Å². The third kappa shape index (κ3) is 4.70. The molecule has 0 fully saturated rings. The van der Waals surface area contributed by atoms with E-state index in [0.29, 0.717) is 17.5 Å². The lowest BCUT2D eigenvalue weighted by Gasteiger charge is -2.12. The standard InChI is InChI=1S/C18H21N3O2S/c1-4-23-16-10-14(8-9-15(16)22)11-19-21-18(24)20-17-12(2)6-5-7-13(17)3/h5-11,22H,4H2,1-3H3,(H2,20,21,24)/b19-11+. The number of benzene rings is 2. The van der Waals surface area contributed by atoms with Crippen molar-refractivity contribution >= 4 is 29.2 Å². The molecule has 0 aromatic heterocycles. The number of rotatable bonds is 5. The number of hydrogen-bond acceptors (Lipinski definition) is 4.